The first kappa shape index (κ1) is 22.2. The molecule has 3 rings (SSSR count). The Hall–Kier alpha value is -2.44. The first-order valence-corrected chi connectivity index (χ1v) is 10.2. The van der Waals surface area contributed by atoms with Gasteiger partial charge in [0.1, 0.15) is 11.5 Å². The van der Waals surface area contributed by atoms with Crippen LogP contribution in [0.4, 0.5) is 5.69 Å². The van der Waals surface area contributed by atoms with E-state index >= 15 is 0 Å². The Morgan fingerprint density at radius 3 is 2.30 bits per heavy atom. The third-order valence-electron chi connectivity index (χ3n) is 5.49. The van der Waals surface area contributed by atoms with Crippen molar-refractivity contribution >= 4 is 40.8 Å². The molecule has 0 spiro atoms. The molecule has 1 amide bonds. The molecule has 2 aromatic rings. The molecule has 0 saturated carbocycles. The Morgan fingerprint density at radius 2 is 1.73 bits per heavy atom. The summed E-state index contributed by atoms with van der Waals surface area (Å²) < 4.78 is 11.6. The fourth-order valence-electron chi connectivity index (χ4n) is 3.59. The molecule has 8 heteroatoms. The molecule has 0 bridgehead atoms. The number of ether oxygens (including phenoxy) is 2. The maximum atomic E-state index is 13.0. The standard InChI is InChI=1S/C22H23Cl2NO5/c1-10-11(2)20-15(12(3)19(10)29-13(4)26)6-7-22(5,30-20)21(28)25-14-8-16(23)18(27)17(24)9-14/h8-9,27H,6-7H2,1-5H3,(H,25,28). The largest absolute Gasteiger partial charge is 0.505 e. The Labute approximate surface area is 185 Å². The Kier molecular flexibility index (Phi) is 5.94. The van der Waals surface area contributed by atoms with E-state index in [1.807, 2.05) is 20.8 Å². The molecule has 2 aromatic carbocycles. The Balaban J connectivity index is 1.93. The van der Waals surface area contributed by atoms with Crippen molar-refractivity contribution in [3.63, 3.8) is 0 Å². The minimum absolute atomic E-state index is 0.0398. The summed E-state index contributed by atoms with van der Waals surface area (Å²) >= 11 is 11.9. The summed E-state index contributed by atoms with van der Waals surface area (Å²) in [5.74, 6) is 0.198. The molecule has 1 heterocycles. The number of carbonyl (C=O) groups is 2. The highest BCUT2D eigenvalue weighted by Crippen LogP contribution is 2.44. The molecule has 30 heavy (non-hydrogen) atoms. The lowest BCUT2D eigenvalue weighted by Gasteiger charge is -2.37. The highest BCUT2D eigenvalue weighted by Gasteiger charge is 2.41. The van der Waals surface area contributed by atoms with Gasteiger partial charge < -0.3 is 19.9 Å². The van der Waals surface area contributed by atoms with E-state index in [0.717, 1.165) is 22.3 Å². The van der Waals surface area contributed by atoms with Crippen LogP contribution in [-0.2, 0) is 16.0 Å². The van der Waals surface area contributed by atoms with Crippen molar-refractivity contribution in [2.24, 2.45) is 0 Å². The molecule has 0 radical (unpaired) electrons. The molecular weight excluding hydrogens is 429 g/mol. The average molecular weight is 452 g/mol. The van der Waals surface area contributed by atoms with Gasteiger partial charge in [-0.05, 0) is 62.9 Å². The lowest BCUT2D eigenvalue weighted by atomic mass is 9.86. The van der Waals surface area contributed by atoms with E-state index in [2.05, 4.69) is 5.32 Å². The average Bonchev–Trinajstić information content (AvgIpc) is 2.67. The molecule has 1 aliphatic rings. The van der Waals surface area contributed by atoms with Crippen LogP contribution in [0.2, 0.25) is 10.0 Å². The van der Waals surface area contributed by atoms with Crippen LogP contribution in [-0.4, -0.2) is 22.6 Å². The number of benzene rings is 2. The monoisotopic (exact) mass is 451 g/mol. The highest BCUT2D eigenvalue weighted by molar-refractivity contribution is 6.37. The molecule has 1 atom stereocenters. The van der Waals surface area contributed by atoms with Gasteiger partial charge in [-0.25, -0.2) is 0 Å². The van der Waals surface area contributed by atoms with Crippen LogP contribution in [0.15, 0.2) is 12.1 Å². The van der Waals surface area contributed by atoms with Crippen LogP contribution in [0.1, 0.15) is 42.5 Å². The number of hydrogen-bond acceptors (Lipinski definition) is 5. The number of halogens is 2. The zero-order chi connectivity index (χ0) is 22.4. The normalized spacial score (nSPS) is 17.7. The number of amides is 1. The summed E-state index contributed by atoms with van der Waals surface area (Å²) in [6, 6.07) is 2.84. The van der Waals surface area contributed by atoms with E-state index in [9.17, 15) is 14.7 Å². The van der Waals surface area contributed by atoms with Crippen molar-refractivity contribution in [3.05, 3.63) is 44.4 Å². The molecular formula is C22H23Cl2NO5. The molecule has 1 aliphatic heterocycles. The molecule has 160 valence electrons. The second-order valence-electron chi connectivity index (χ2n) is 7.68. The summed E-state index contributed by atoms with van der Waals surface area (Å²) in [6.07, 6.45) is 1.01. The van der Waals surface area contributed by atoms with Gasteiger partial charge in [0.05, 0.1) is 10.0 Å². The molecule has 0 fully saturated rings. The van der Waals surface area contributed by atoms with Gasteiger partial charge in [-0.2, -0.15) is 0 Å². The molecule has 0 aliphatic carbocycles. The third-order valence-corrected chi connectivity index (χ3v) is 6.07. The van der Waals surface area contributed by atoms with Gasteiger partial charge in [0.15, 0.2) is 11.4 Å². The lowest BCUT2D eigenvalue weighted by molar-refractivity contribution is -0.132. The van der Waals surface area contributed by atoms with Gasteiger partial charge in [-0.1, -0.05) is 23.2 Å². The number of nitrogens with one attached hydrogen (secondary N) is 1. The fraction of sp³-hybridized carbons (Fsp3) is 0.364. The van der Waals surface area contributed by atoms with E-state index < -0.39 is 5.60 Å². The second-order valence-corrected chi connectivity index (χ2v) is 8.50. The van der Waals surface area contributed by atoms with Crippen LogP contribution in [0.5, 0.6) is 17.2 Å². The highest BCUT2D eigenvalue weighted by atomic mass is 35.5. The van der Waals surface area contributed by atoms with E-state index in [1.54, 1.807) is 6.92 Å². The number of phenolic OH excluding ortho intramolecular Hbond substituents is 1. The van der Waals surface area contributed by atoms with Crippen molar-refractivity contribution in [1.82, 2.24) is 0 Å². The quantitative estimate of drug-likeness (QED) is 0.377. The number of carbonyl (C=O) groups excluding carboxylic acids is 2. The Bertz CT molecular complexity index is 1040. The van der Waals surface area contributed by atoms with Gasteiger partial charge in [-0.15, -0.1) is 0 Å². The van der Waals surface area contributed by atoms with Crippen LogP contribution in [0, 0.1) is 20.8 Å². The topological polar surface area (TPSA) is 84.9 Å². The number of anilines is 1. The SMILES string of the molecule is CC(=O)Oc1c(C)c(C)c2c(c1C)CCC(C)(C(=O)Nc1cc(Cl)c(O)c(Cl)c1)O2. The van der Waals surface area contributed by atoms with Gasteiger partial charge >= 0.3 is 5.97 Å². The van der Waals surface area contributed by atoms with Crippen molar-refractivity contribution in [3.8, 4) is 17.2 Å². The Morgan fingerprint density at radius 1 is 1.13 bits per heavy atom. The number of esters is 1. The first-order chi connectivity index (χ1) is 13.9. The predicted octanol–water partition coefficient (Wildman–Crippen LogP) is 5.27. The number of hydrogen-bond donors (Lipinski definition) is 2. The fourth-order valence-corrected chi connectivity index (χ4v) is 4.08. The van der Waals surface area contributed by atoms with E-state index in [1.165, 1.54) is 19.1 Å². The maximum Gasteiger partial charge on any atom is 0.308 e. The first-order valence-electron chi connectivity index (χ1n) is 9.44. The van der Waals surface area contributed by atoms with Crippen LogP contribution in [0.3, 0.4) is 0 Å². The van der Waals surface area contributed by atoms with Crippen molar-refractivity contribution in [1.29, 1.82) is 0 Å². The van der Waals surface area contributed by atoms with E-state index in [-0.39, 0.29) is 27.7 Å². The second kappa shape index (κ2) is 8.00. The minimum atomic E-state index is -1.13. The van der Waals surface area contributed by atoms with Gasteiger partial charge in [-0.3, -0.25) is 9.59 Å². The molecule has 1 unspecified atom stereocenters. The molecule has 6 nitrogen and oxygen atoms in total. The van der Waals surface area contributed by atoms with Crippen molar-refractivity contribution in [2.45, 2.75) is 53.1 Å². The van der Waals surface area contributed by atoms with E-state index in [0.29, 0.717) is 30.0 Å². The summed E-state index contributed by atoms with van der Waals surface area (Å²) in [4.78, 5) is 24.5. The van der Waals surface area contributed by atoms with Crippen LogP contribution in [0.25, 0.3) is 0 Å². The van der Waals surface area contributed by atoms with Gasteiger partial charge in [0.2, 0.25) is 0 Å². The lowest BCUT2D eigenvalue weighted by Crippen LogP contribution is -2.48. The summed E-state index contributed by atoms with van der Waals surface area (Å²) in [7, 11) is 0. The minimum Gasteiger partial charge on any atom is -0.505 e. The molecule has 0 saturated heterocycles. The number of aromatic hydroxyl groups is 1. The van der Waals surface area contributed by atoms with Gasteiger partial charge in [0, 0.05) is 24.6 Å². The summed E-state index contributed by atoms with van der Waals surface area (Å²) in [5, 5.41) is 12.5. The number of fused-ring (bicyclic) bond motifs is 1. The smallest absolute Gasteiger partial charge is 0.308 e. The van der Waals surface area contributed by atoms with Crippen LogP contribution < -0.4 is 14.8 Å². The van der Waals surface area contributed by atoms with Crippen molar-refractivity contribution in [2.75, 3.05) is 5.32 Å². The van der Waals surface area contributed by atoms with Crippen molar-refractivity contribution < 1.29 is 24.2 Å². The van der Waals surface area contributed by atoms with E-state index in [4.69, 9.17) is 32.7 Å². The molecule has 0 aromatic heterocycles. The van der Waals surface area contributed by atoms with Gasteiger partial charge in [0.25, 0.3) is 5.91 Å². The third kappa shape index (κ3) is 3.94. The zero-order valence-corrected chi connectivity index (χ0v) is 18.9. The van der Waals surface area contributed by atoms with Crippen LogP contribution >= 0.6 is 23.2 Å². The summed E-state index contributed by atoms with van der Waals surface area (Å²) in [6.45, 7) is 8.71. The maximum absolute atomic E-state index is 13.0. The zero-order valence-electron chi connectivity index (χ0n) is 17.4. The number of rotatable bonds is 3. The molecule has 2 N–H and O–H groups in total. The predicted molar refractivity (Wildman–Crippen MR) is 116 cm³/mol. The number of phenols is 1. The summed E-state index contributed by atoms with van der Waals surface area (Å²) in [5.41, 5.74) is 2.61.